The molecule has 2 aromatic heterocycles. The van der Waals surface area contributed by atoms with Crippen LogP contribution in [0.1, 0.15) is 19.0 Å². The molecule has 1 fully saturated rings. The summed E-state index contributed by atoms with van der Waals surface area (Å²) in [4.78, 5) is 4.87. The highest BCUT2D eigenvalue weighted by atomic mass is 32.1. The lowest BCUT2D eigenvalue weighted by atomic mass is 10.3. The molecule has 3 aromatic rings. The molecule has 4 rings (SSSR count). The first kappa shape index (κ1) is 19.7. The van der Waals surface area contributed by atoms with Crippen molar-refractivity contribution in [1.29, 1.82) is 0 Å². The molecule has 0 radical (unpaired) electrons. The summed E-state index contributed by atoms with van der Waals surface area (Å²) < 4.78 is 7.53. The van der Waals surface area contributed by atoms with E-state index in [1.807, 2.05) is 36.5 Å². The van der Waals surface area contributed by atoms with Gasteiger partial charge in [-0.1, -0.05) is 30.4 Å². The SMILES string of the molecule is CCCN1CCN(c2nnc(-n3cccc3CNc3ccccc3OC)s2)CC1. The van der Waals surface area contributed by atoms with Gasteiger partial charge >= 0.3 is 0 Å². The van der Waals surface area contributed by atoms with E-state index in [2.05, 4.69) is 42.9 Å². The summed E-state index contributed by atoms with van der Waals surface area (Å²) in [5, 5.41) is 14.3. The maximum absolute atomic E-state index is 5.42. The van der Waals surface area contributed by atoms with Crippen molar-refractivity contribution in [1.82, 2.24) is 19.7 Å². The molecular weight excluding hydrogens is 384 g/mol. The minimum Gasteiger partial charge on any atom is -0.495 e. The van der Waals surface area contributed by atoms with E-state index in [1.54, 1.807) is 18.4 Å². The number of ether oxygens (including phenoxy) is 1. The minimum absolute atomic E-state index is 0.679. The zero-order valence-corrected chi connectivity index (χ0v) is 17.9. The van der Waals surface area contributed by atoms with Crippen molar-refractivity contribution in [2.45, 2.75) is 19.9 Å². The van der Waals surface area contributed by atoms with E-state index in [1.165, 1.54) is 13.0 Å². The predicted molar refractivity (Wildman–Crippen MR) is 119 cm³/mol. The Morgan fingerprint density at radius 3 is 2.62 bits per heavy atom. The molecule has 0 saturated carbocycles. The zero-order chi connectivity index (χ0) is 20.1. The fourth-order valence-corrected chi connectivity index (χ4v) is 4.55. The molecule has 1 aliphatic rings. The van der Waals surface area contributed by atoms with Gasteiger partial charge in [0.15, 0.2) is 0 Å². The average Bonchev–Trinajstić information content (AvgIpc) is 3.42. The molecule has 8 heteroatoms. The number of aromatic nitrogens is 3. The van der Waals surface area contributed by atoms with Crippen LogP contribution in [0.2, 0.25) is 0 Å². The van der Waals surface area contributed by atoms with Crippen LogP contribution in [0, 0.1) is 0 Å². The number of rotatable bonds is 8. The van der Waals surface area contributed by atoms with Crippen molar-refractivity contribution in [2.75, 3.05) is 50.1 Å². The molecule has 29 heavy (non-hydrogen) atoms. The number of benzene rings is 1. The van der Waals surface area contributed by atoms with Crippen LogP contribution in [0.25, 0.3) is 5.13 Å². The normalized spacial score (nSPS) is 14.9. The van der Waals surface area contributed by atoms with Crippen molar-refractivity contribution in [2.24, 2.45) is 0 Å². The predicted octanol–water partition coefficient (Wildman–Crippen LogP) is 3.48. The number of hydrogen-bond donors (Lipinski definition) is 1. The van der Waals surface area contributed by atoms with E-state index in [-0.39, 0.29) is 0 Å². The molecule has 0 amide bonds. The number of para-hydroxylation sites is 2. The van der Waals surface area contributed by atoms with Crippen LogP contribution in [-0.4, -0.2) is 59.5 Å². The molecular formula is C21H28N6OS. The zero-order valence-electron chi connectivity index (χ0n) is 17.0. The van der Waals surface area contributed by atoms with Crippen LogP contribution in [0.5, 0.6) is 5.75 Å². The Morgan fingerprint density at radius 2 is 1.83 bits per heavy atom. The van der Waals surface area contributed by atoms with Crippen molar-refractivity contribution >= 4 is 22.2 Å². The third-order valence-corrected chi connectivity index (χ3v) is 6.18. The molecule has 3 heterocycles. The summed E-state index contributed by atoms with van der Waals surface area (Å²) in [7, 11) is 1.69. The van der Waals surface area contributed by atoms with Crippen molar-refractivity contribution in [3.8, 4) is 10.9 Å². The number of nitrogens with one attached hydrogen (secondary N) is 1. The van der Waals surface area contributed by atoms with E-state index in [0.29, 0.717) is 6.54 Å². The van der Waals surface area contributed by atoms with E-state index in [4.69, 9.17) is 4.74 Å². The Labute approximate surface area is 175 Å². The average molecular weight is 413 g/mol. The Balaban J connectivity index is 1.42. The quantitative estimate of drug-likeness (QED) is 0.611. The fourth-order valence-electron chi connectivity index (χ4n) is 3.64. The molecule has 1 saturated heterocycles. The molecule has 154 valence electrons. The number of nitrogens with zero attached hydrogens (tertiary/aromatic N) is 5. The van der Waals surface area contributed by atoms with Crippen LogP contribution in [-0.2, 0) is 6.54 Å². The van der Waals surface area contributed by atoms with Gasteiger partial charge < -0.3 is 15.0 Å². The molecule has 1 N–H and O–H groups in total. The molecule has 7 nitrogen and oxygen atoms in total. The van der Waals surface area contributed by atoms with Gasteiger partial charge in [0.2, 0.25) is 10.3 Å². The highest BCUT2D eigenvalue weighted by molar-refractivity contribution is 7.17. The number of anilines is 2. The van der Waals surface area contributed by atoms with Crippen molar-refractivity contribution in [3.05, 3.63) is 48.3 Å². The Kier molecular flexibility index (Phi) is 6.31. The molecule has 0 atom stereocenters. The van der Waals surface area contributed by atoms with Gasteiger partial charge in [0.25, 0.3) is 0 Å². The number of methoxy groups -OCH3 is 1. The van der Waals surface area contributed by atoms with Gasteiger partial charge in [-0.25, -0.2) is 0 Å². The maximum atomic E-state index is 5.42. The molecule has 1 aromatic carbocycles. The van der Waals surface area contributed by atoms with Crippen molar-refractivity contribution < 1.29 is 4.74 Å². The number of hydrogen-bond acceptors (Lipinski definition) is 7. The topological polar surface area (TPSA) is 58.5 Å². The standard InChI is InChI=1S/C21H28N6OS/c1-3-10-25-12-14-26(15-13-25)20-23-24-21(29-20)27-11-6-7-17(27)16-22-18-8-4-5-9-19(18)28-2/h4-9,11,22H,3,10,12-16H2,1-2H3. The molecule has 0 bridgehead atoms. The summed E-state index contributed by atoms with van der Waals surface area (Å²) in [6.07, 6.45) is 3.25. The fraction of sp³-hybridized carbons (Fsp3) is 0.429. The Hall–Kier alpha value is -2.58. The summed E-state index contributed by atoms with van der Waals surface area (Å²) in [5.74, 6) is 0.839. The van der Waals surface area contributed by atoms with Crippen molar-refractivity contribution in [3.63, 3.8) is 0 Å². The van der Waals surface area contributed by atoms with Crippen LogP contribution in [0.15, 0.2) is 42.6 Å². The van der Waals surface area contributed by atoms with Gasteiger partial charge in [-0.3, -0.25) is 9.47 Å². The van der Waals surface area contributed by atoms with Crippen LogP contribution in [0.4, 0.5) is 10.8 Å². The second-order valence-corrected chi connectivity index (χ2v) is 8.05. The summed E-state index contributed by atoms with van der Waals surface area (Å²) in [6.45, 7) is 8.33. The van der Waals surface area contributed by atoms with Gasteiger partial charge in [-0.05, 0) is 37.2 Å². The smallest absolute Gasteiger partial charge is 0.218 e. The Bertz CT molecular complexity index is 915. The monoisotopic (exact) mass is 412 g/mol. The van der Waals surface area contributed by atoms with Gasteiger partial charge in [0, 0.05) is 38.1 Å². The lowest BCUT2D eigenvalue weighted by Gasteiger charge is -2.33. The first-order valence-corrected chi connectivity index (χ1v) is 10.9. The third-order valence-electron chi connectivity index (χ3n) is 5.19. The van der Waals surface area contributed by atoms with Gasteiger partial charge in [-0.2, -0.15) is 0 Å². The highest BCUT2D eigenvalue weighted by Gasteiger charge is 2.20. The lowest BCUT2D eigenvalue weighted by Crippen LogP contribution is -2.46. The van der Waals surface area contributed by atoms with Gasteiger partial charge in [0.05, 0.1) is 19.3 Å². The Morgan fingerprint density at radius 1 is 1.03 bits per heavy atom. The van der Waals surface area contributed by atoms with Crippen LogP contribution in [0.3, 0.4) is 0 Å². The van der Waals surface area contributed by atoms with Crippen LogP contribution >= 0.6 is 11.3 Å². The van der Waals surface area contributed by atoms with Crippen LogP contribution < -0.4 is 15.0 Å². The largest absolute Gasteiger partial charge is 0.495 e. The van der Waals surface area contributed by atoms with Gasteiger partial charge in [0.1, 0.15) is 5.75 Å². The molecule has 0 unspecified atom stereocenters. The van der Waals surface area contributed by atoms with E-state index in [9.17, 15) is 0 Å². The second-order valence-electron chi connectivity index (χ2n) is 7.12. The van der Waals surface area contributed by atoms with E-state index >= 15 is 0 Å². The molecule has 0 aliphatic carbocycles. The first-order valence-electron chi connectivity index (χ1n) is 10.1. The first-order chi connectivity index (χ1) is 14.3. The van der Waals surface area contributed by atoms with E-state index < -0.39 is 0 Å². The minimum atomic E-state index is 0.679. The molecule has 0 spiro atoms. The second kappa shape index (κ2) is 9.28. The summed E-state index contributed by atoms with van der Waals surface area (Å²) in [6, 6.07) is 12.1. The number of piperazine rings is 1. The maximum Gasteiger partial charge on any atom is 0.218 e. The summed E-state index contributed by atoms with van der Waals surface area (Å²) >= 11 is 1.65. The highest BCUT2D eigenvalue weighted by Crippen LogP contribution is 2.27. The molecule has 1 aliphatic heterocycles. The lowest BCUT2D eigenvalue weighted by molar-refractivity contribution is 0.258. The summed E-state index contributed by atoms with van der Waals surface area (Å²) in [5.41, 5.74) is 2.11. The van der Waals surface area contributed by atoms with Gasteiger partial charge in [-0.15, -0.1) is 10.2 Å². The third kappa shape index (κ3) is 4.54. The van der Waals surface area contributed by atoms with E-state index in [0.717, 1.165) is 53.6 Å².